The highest BCUT2D eigenvalue weighted by Gasteiger charge is 1.90. The third-order valence-electron chi connectivity index (χ3n) is 1.21. The number of esters is 1. The van der Waals surface area contributed by atoms with E-state index in [2.05, 4.69) is 4.74 Å². The minimum atomic E-state index is -0.317. The van der Waals surface area contributed by atoms with Crippen molar-refractivity contribution in [3.63, 3.8) is 0 Å². The van der Waals surface area contributed by atoms with E-state index in [1.807, 2.05) is 30.6 Å². The fourth-order valence-electron chi connectivity index (χ4n) is 0.708. The molecule has 0 N–H and O–H groups in total. The number of aromatic nitrogens is 1. The van der Waals surface area contributed by atoms with Gasteiger partial charge in [0.15, 0.2) is 18.7 Å². The van der Waals surface area contributed by atoms with Gasteiger partial charge >= 0.3 is 5.97 Å². The summed E-state index contributed by atoms with van der Waals surface area (Å²) < 4.78 is 6.39. The first-order chi connectivity index (χ1) is 5.79. The summed E-state index contributed by atoms with van der Waals surface area (Å²) in [6, 6.07) is 5.69. The predicted molar refractivity (Wildman–Crippen MR) is 43.7 cm³/mol. The fraction of sp³-hybridized carbons (Fsp3) is 0.111. The van der Waals surface area contributed by atoms with Gasteiger partial charge in [0.1, 0.15) is 0 Å². The van der Waals surface area contributed by atoms with E-state index in [1.165, 1.54) is 13.2 Å². The Labute approximate surface area is 70.9 Å². The van der Waals surface area contributed by atoms with Crippen molar-refractivity contribution in [3.05, 3.63) is 36.9 Å². The second-order valence-corrected chi connectivity index (χ2v) is 2.22. The molecule has 0 atom stereocenters. The molecule has 1 aromatic heterocycles. The van der Waals surface area contributed by atoms with Crippen molar-refractivity contribution >= 4 is 12.2 Å². The first kappa shape index (κ1) is 8.46. The van der Waals surface area contributed by atoms with E-state index < -0.39 is 0 Å². The predicted octanol–water partition coefficient (Wildman–Crippen LogP) is 0.965. The number of nitrogens with zero attached hydrogens (tertiary/aromatic N) is 1. The molecule has 0 radical (unpaired) electrons. The minimum Gasteiger partial charge on any atom is -0.428 e. The molecule has 0 saturated heterocycles. The van der Waals surface area contributed by atoms with E-state index in [-0.39, 0.29) is 5.97 Å². The van der Waals surface area contributed by atoms with Gasteiger partial charge in [0, 0.05) is 19.1 Å². The molecule has 1 aromatic rings. The minimum absolute atomic E-state index is 0.317. The summed E-state index contributed by atoms with van der Waals surface area (Å²) in [6.45, 7) is 1.36. The Balaban J connectivity index is 2.52. The maximum absolute atomic E-state index is 10.4. The van der Waals surface area contributed by atoms with Crippen LogP contribution in [0.1, 0.15) is 6.92 Å². The number of pyridine rings is 1. The highest BCUT2D eigenvalue weighted by atomic mass is 16.5. The normalized spacial score (nSPS) is 10.1. The van der Waals surface area contributed by atoms with Crippen molar-refractivity contribution in [2.24, 2.45) is 0 Å². The van der Waals surface area contributed by atoms with E-state index in [0.29, 0.717) is 0 Å². The number of hydrogen-bond donors (Lipinski definition) is 0. The molecule has 0 spiro atoms. The first-order valence-electron chi connectivity index (χ1n) is 3.59. The fourth-order valence-corrected chi connectivity index (χ4v) is 0.708. The Hall–Kier alpha value is -1.64. The average molecular weight is 164 g/mol. The zero-order chi connectivity index (χ0) is 8.81. The summed E-state index contributed by atoms with van der Waals surface area (Å²) in [5.74, 6) is -0.317. The van der Waals surface area contributed by atoms with Gasteiger partial charge < -0.3 is 4.74 Å². The van der Waals surface area contributed by atoms with Gasteiger partial charge in [-0.3, -0.25) is 4.79 Å². The van der Waals surface area contributed by atoms with Crippen LogP contribution in [0.3, 0.4) is 0 Å². The summed E-state index contributed by atoms with van der Waals surface area (Å²) >= 11 is 0. The van der Waals surface area contributed by atoms with E-state index >= 15 is 0 Å². The van der Waals surface area contributed by atoms with Gasteiger partial charge in [-0.2, -0.15) is 4.57 Å². The lowest BCUT2D eigenvalue weighted by atomic mass is 10.5. The van der Waals surface area contributed by atoms with Crippen molar-refractivity contribution in [1.29, 1.82) is 0 Å². The molecule has 0 saturated carbocycles. The van der Waals surface area contributed by atoms with E-state index in [9.17, 15) is 4.79 Å². The van der Waals surface area contributed by atoms with Gasteiger partial charge in [-0.1, -0.05) is 6.07 Å². The standard InChI is InChI=1S/C9H10NO2/c1-9(11)12-8-7-10-5-3-2-4-6-10/h2-8H,1H3/q+1. The van der Waals surface area contributed by atoms with Gasteiger partial charge in [0.25, 0.3) is 0 Å². The summed E-state index contributed by atoms with van der Waals surface area (Å²) in [5, 5.41) is 0. The molecule has 1 rings (SSSR count). The molecule has 0 aliphatic rings. The molecule has 0 aliphatic heterocycles. The SMILES string of the molecule is CC(=O)OC=C[n+]1ccccc1. The molecule has 3 nitrogen and oxygen atoms in total. The van der Waals surface area contributed by atoms with Gasteiger partial charge in [-0.25, -0.2) is 0 Å². The molecule has 0 amide bonds. The molecule has 12 heavy (non-hydrogen) atoms. The van der Waals surface area contributed by atoms with Gasteiger partial charge in [0.2, 0.25) is 6.20 Å². The van der Waals surface area contributed by atoms with Crippen molar-refractivity contribution in [2.75, 3.05) is 0 Å². The second kappa shape index (κ2) is 4.28. The smallest absolute Gasteiger partial charge is 0.307 e. The van der Waals surface area contributed by atoms with Gasteiger partial charge in [-0.15, -0.1) is 0 Å². The maximum Gasteiger partial charge on any atom is 0.307 e. The Kier molecular flexibility index (Phi) is 3.02. The Morgan fingerprint density at radius 2 is 2.00 bits per heavy atom. The van der Waals surface area contributed by atoms with Gasteiger partial charge in [-0.05, 0) is 0 Å². The third kappa shape index (κ3) is 2.96. The highest BCUT2D eigenvalue weighted by molar-refractivity contribution is 5.66. The molecule has 0 fully saturated rings. The quantitative estimate of drug-likeness (QED) is 0.370. The summed E-state index contributed by atoms with van der Waals surface area (Å²) in [6.07, 6.45) is 6.70. The molecular formula is C9H10NO2+. The summed E-state index contributed by atoms with van der Waals surface area (Å²) in [7, 11) is 0. The number of rotatable bonds is 2. The third-order valence-corrected chi connectivity index (χ3v) is 1.21. The van der Waals surface area contributed by atoms with Crippen LogP contribution in [-0.2, 0) is 9.53 Å². The summed E-state index contributed by atoms with van der Waals surface area (Å²) in [4.78, 5) is 10.4. The molecule has 3 heteroatoms. The second-order valence-electron chi connectivity index (χ2n) is 2.22. The molecule has 62 valence electrons. The Bertz CT molecular complexity index is 280. The molecule has 1 heterocycles. The van der Waals surface area contributed by atoms with Crippen LogP contribution in [0, 0.1) is 0 Å². The van der Waals surface area contributed by atoms with Crippen molar-refractivity contribution < 1.29 is 14.1 Å². The molecular weight excluding hydrogens is 154 g/mol. The van der Waals surface area contributed by atoms with Crippen molar-refractivity contribution in [3.8, 4) is 0 Å². The largest absolute Gasteiger partial charge is 0.428 e. The number of ether oxygens (including phenoxy) is 1. The zero-order valence-electron chi connectivity index (χ0n) is 6.81. The molecule has 0 aromatic carbocycles. The van der Waals surface area contributed by atoms with Crippen LogP contribution in [-0.4, -0.2) is 5.97 Å². The maximum atomic E-state index is 10.4. The molecule has 0 bridgehead atoms. The van der Waals surface area contributed by atoms with E-state index in [4.69, 9.17) is 0 Å². The van der Waals surface area contributed by atoms with E-state index in [0.717, 1.165) is 0 Å². The van der Waals surface area contributed by atoms with Crippen LogP contribution in [0.5, 0.6) is 0 Å². The lowest BCUT2D eigenvalue weighted by Gasteiger charge is -1.87. The van der Waals surface area contributed by atoms with Crippen LogP contribution in [0.4, 0.5) is 0 Å². The van der Waals surface area contributed by atoms with Crippen molar-refractivity contribution in [1.82, 2.24) is 0 Å². The average Bonchev–Trinajstić information content (AvgIpc) is 2.05. The van der Waals surface area contributed by atoms with Crippen LogP contribution in [0.15, 0.2) is 36.9 Å². The van der Waals surface area contributed by atoms with Crippen LogP contribution in [0.25, 0.3) is 6.20 Å². The van der Waals surface area contributed by atoms with Crippen molar-refractivity contribution in [2.45, 2.75) is 6.92 Å². The van der Waals surface area contributed by atoms with Crippen LogP contribution < -0.4 is 4.57 Å². The Morgan fingerprint density at radius 3 is 2.58 bits per heavy atom. The number of carbonyl (C=O) groups is 1. The molecule has 0 unspecified atom stereocenters. The first-order valence-corrected chi connectivity index (χ1v) is 3.59. The van der Waals surface area contributed by atoms with E-state index in [1.54, 1.807) is 10.8 Å². The lowest BCUT2D eigenvalue weighted by Crippen LogP contribution is -2.23. The molecule has 0 aliphatic carbocycles. The van der Waals surface area contributed by atoms with Crippen LogP contribution >= 0.6 is 0 Å². The summed E-state index contributed by atoms with van der Waals surface area (Å²) in [5.41, 5.74) is 0. The lowest BCUT2D eigenvalue weighted by molar-refractivity contribution is -0.568. The zero-order valence-corrected chi connectivity index (χ0v) is 6.81. The Morgan fingerprint density at radius 1 is 1.33 bits per heavy atom. The monoisotopic (exact) mass is 164 g/mol. The van der Waals surface area contributed by atoms with Gasteiger partial charge in [0.05, 0.1) is 0 Å². The number of carbonyl (C=O) groups excluding carboxylic acids is 1. The number of hydrogen-bond acceptors (Lipinski definition) is 2. The highest BCUT2D eigenvalue weighted by Crippen LogP contribution is 1.80. The topological polar surface area (TPSA) is 30.2 Å². The van der Waals surface area contributed by atoms with Crippen LogP contribution in [0.2, 0.25) is 0 Å².